The van der Waals surface area contributed by atoms with E-state index in [-0.39, 0.29) is 22.0 Å². The number of rotatable bonds is 1. The van der Waals surface area contributed by atoms with E-state index in [0.29, 0.717) is 5.56 Å². The number of amides is 2. The maximum atomic E-state index is 14.2. The van der Waals surface area contributed by atoms with Crippen molar-refractivity contribution >= 4 is 23.3 Å². The van der Waals surface area contributed by atoms with Crippen LogP contribution >= 0.6 is 11.6 Å². The van der Waals surface area contributed by atoms with Crippen LogP contribution in [0.3, 0.4) is 0 Å². The number of hydrogen-bond donors (Lipinski definition) is 2. The van der Waals surface area contributed by atoms with E-state index in [2.05, 4.69) is 17.2 Å². The van der Waals surface area contributed by atoms with Crippen LogP contribution in [-0.2, 0) is 5.54 Å². The summed E-state index contributed by atoms with van der Waals surface area (Å²) in [5.74, 6) is 4.47. The number of urea groups is 1. The average Bonchev–Trinajstić information content (AvgIpc) is 2.60. The minimum absolute atomic E-state index is 0.0284. The average molecular weight is 381 g/mol. The molecule has 4 nitrogen and oxygen atoms in total. The molecule has 0 aliphatic carbocycles. The van der Waals surface area contributed by atoms with Crippen LogP contribution in [0, 0.1) is 11.8 Å². The Balaban J connectivity index is 2.32. The fraction of sp³-hybridized carbons (Fsp3) is 0.167. The van der Waals surface area contributed by atoms with Crippen LogP contribution in [0.1, 0.15) is 11.1 Å². The number of benzene rings is 2. The Morgan fingerprint density at radius 1 is 1.15 bits per heavy atom. The highest BCUT2D eigenvalue weighted by Crippen LogP contribution is 2.49. The molecule has 134 valence electrons. The van der Waals surface area contributed by atoms with Crippen LogP contribution in [0.25, 0.3) is 0 Å². The van der Waals surface area contributed by atoms with Gasteiger partial charge in [-0.1, -0.05) is 41.6 Å². The van der Waals surface area contributed by atoms with Gasteiger partial charge in [-0.05, 0) is 24.3 Å². The lowest BCUT2D eigenvalue weighted by Gasteiger charge is -2.38. The molecule has 0 aromatic heterocycles. The molecule has 3 rings (SSSR count). The van der Waals surface area contributed by atoms with Crippen molar-refractivity contribution in [2.24, 2.45) is 0 Å². The lowest BCUT2D eigenvalue weighted by Crippen LogP contribution is -2.59. The standard InChI is InChI=1S/C18H12ClF3N2O2/c1-26-15-12(19)7-8-13-14(15)17(18(20,21)22,24-16(25)23-13)10-9-11-5-3-2-4-6-11/h2-8H,1H3,(H2,23,24,25)/t17-/m0/s1. The molecule has 2 aromatic carbocycles. The van der Waals surface area contributed by atoms with E-state index in [1.165, 1.54) is 19.2 Å². The summed E-state index contributed by atoms with van der Waals surface area (Å²) in [6.07, 6.45) is -4.93. The van der Waals surface area contributed by atoms with Crippen molar-refractivity contribution in [2.75, 3.05) is 12.4 Å². The number of hydrogen-bond acceptors (Lipinski definition) is 2. The van der Waals surface area contributed by atoms with Gasteiger partial charge in [0.25, 0.3) is 0 Å². The van der Waals surface area contributed by atoms with Crippen LogP contribution < -0.4 is 15.4 Å². The lowest BCUT2D eigenvalue weighted by atomic mass is 9.85. The predicted molar refractivity (Wildman–Crippen MR) is 91.2 cm³/mol. The topological polar surface area (TPSA) is 50.4 Å². The third kappa shape index (κ3) is 2.93. The van der Waals surface area contributed by atoms with Crippen molar-refractivity contribution in [3.63, 3.8) is 0 Å². The maximum Gasteiger partial charge on any atom is 0.427 e. The molecular weight excluding hydrogens is 369 g/mol. The SMILES string of the molecule is COc1c(Cl)ccc2c1[C@@](C#Cc1ccccc1)(C(F)(F)F)NC(=O)N2. The van der Waals surface area contributed by atoms with Crippen LogP contribution in [0.2, 0.25) is 5.02 Å². The van der Waals surface area contributed by atoms with E-state index in [1.54, 1.807) is 30.3 Å². The van der Waals surface area contributed by atoms with Gasteiger partial charge in [-0.2, -0.15) is 13.2 Å². The number of carbonyl (C=O) groups is 1. The van der Waals surface area contributed by atoms with E-state index in [0.717, 1.165) is 0 Å². The summed E-state index contributed by atoms with van der Waals surface area (Å²) >= 11 is 6.01. The molecule has 26 heavy (non-hydrogen) atoms. The van der Waals surface area contributed by atoms with Gasteiger partial charge >= 0.3 is 12.2 Å². The molecule has 1 aliphatic rings. The van der Waals surface area contributed by atoms with Gasteiger partial charge in [-0.3, -0.25) is 0 Å². The van der Waals surface area contributed by atoms with E-state index in [9.17, 15) is 18.0 Å². The summed E-state index contributed by atoms with van der Waals surface area (Å²) in [4.78, 5) is 11.9. The van der Waals surface area contributed by atoms with Crippen LogP contribution in [0.4, 0.5) is 23.7 Å². The Morgan fingerprint density at radius 2 is 1.85 bits per heavy atom. The molecule has 0 radical (unpaired) electrons. The summed E-state index contributed by atoms with van der Waals surface area (Å²) < 4.78 is 47.6. The number of carbonyl (C=O) groups excluding carboxylic acids is 1. The Hall–Kier alpha value is -2.85. The molecule has 1 aliphatic heterocycles. The Morgan fingerprint density at radius 3 is 2.46 bits per heavy atom. The number of fused-ring (bicyclic) bond motifs is 1. The fourth-order valence-corrected chi connectivity index (χ4v) is 2.92. The van der Waals surface area contributed by atoms with E-state index >= 15 is 0 Å². The molecule has 2 aromatic rings. The van der Waals surface area contributed by atoms with Crippen LogP contribution in [0.15, 0.2) is 42.5 Å². The highest BCUT2D eigenvalue weighted by Gasteiger charge is 2.61. The van der Waals surface area contributed by atoms with E-state index in [1.807, 2.05) is 5.32 Å². The number of anilines is 1. The van der Waals surface area contributed by atoms with Gasteiger partial charge in [0.15, 0.2) is 0 Å². The smallest absolute Gasteiger partial charge is 0.427 e. The maximum absolute atomic E-state index is 14.2. The Bertz CT molecular complexity index is 920. The summed E-state index contributed by atoms with van der Waals surface area (Å²) in [5, 5.41) is 4.21. The number of methoxy groups -OCH3 is 1. The number of ether oxygens (including phenoxy) is 1. The van der Waals surface area contributed by atoms with E-state index < -0.39 is 17.7 Å². The molecule has 1 atom stereocenters. The highest BCUT2D eigenvalue weighted by atomic mass is 35.5. The molecule has 0 spiro atoms. The van der Waals surface area contributed by atoms with E-state index in [4.69, 9.17) is 16.3 Å². The number of halogens is 4. The van der Waals surface area contributed by atoms with Gasteiger partial charge in [0.05, 0.1) is 23.4 Å². The van der Waals surface area contributed by atoms with Gasteiger partial charge in [0.2, 0.25) is 5.54 Å². The summed E-state index contributed by atoms with van der Waals surface area (Å²) in [6, 6.07) is 9.75. The first-order valence-corrected chi connectivity index (χ1v) is 7.77. The first-order chi connectivity index (χ1) is 12.3. The van der Waals surface area contributed by atoms with Crippen molar-refractivity contribution in [1.29, 1.82) is 0 Å². The predicted octanol–water partition coefficient (Wildman–Crippen LogP) is 4.29. The third-order valence-corrected chi connectivity index (χ3v) is 4.13. The summed E-state index contributed by atoms with van der Waals surface area (Å²) in [7, 11) is 1.20. The second-order valence-electron chi connectivity index (χ2n) is 5.45. The second kappa shape index (κ2) is 6.46. The second-order valence-corrected chi connectivity index (χ2v) is 5.85. The van der Waals surface area contributed by atoms with Gasteiger partial charge in [0.1, 0.15) is 5.75 Å². The van der Waals surface area contributed by atoms with Crippen molar-refractivity contribution in [3.8, 4) is 17.6 Å². The molecule has 0 saturated heterocycles. The Kier molecular flexibility index (Phi) is 4.46. The molecule has 0 fully saturated rings. The molecular formula is C18H12ClF3N2O2. The van der Waals surface area contributed by atoms with Gasteiger partial charge < -0.3 is 15.4 Å². The zero-order valence-electron chi connectivity index (χ0n) is 13.4. The lowest BCUT2D eigenvalue weighted by molar-refractivity contribution is -0.179. The first kappa shape index (κ1) is 18.0. The Labute approximate surface area is 152 Å². The molecule has 1 heterocycles. The fourth-order valence-electron chi connectivity index (χ4n) is 2.68. The van der Waals surface area contributed by atoms with Crippen molar-refractivity contribution in [2.45, 2.75) is 11.7 Å². The zero-order valence-corrected chi connectivity index (χ0v) is 14.1. The largest absolute Gasteiger partial charge is 0.495 e. The van der Waals surface area contributed by atoms with Crippen LogP contribution in [-0.4, -0.2) is 19.3 Å². The normalized spacial score (nSPS) is 18.7. The molecule has 0 unspecified atom stereocenters. The monoisotopic (exact) mass is 380 g/mol. The highest BCUT2D eigenvalue weighted by molar-refractivity contribution is 6.32. The van der Waals surface area contributed by atoms with Gasteiger partial charge in [0, 0.05) is 5.56 Å². The summed E-state index contributed by atoms with van der Waals surface area (Å²) in [6.45, 7) is 0. The first-order valence-electron chi connectivity index (χ1n) is 7.39. The van der Waals surface area contributed by atoms with Gasteiger partial charge in [-0.25, -0.2) is 4.79 Å². The minimum Gasteiger partial charge on any atom is -0.495 e. The molecule has 8 heteroatoms. The quantitative estimate of drug-likeness (QED) is 0.725. The zero-order chi connectivity index (χ0) is 18.9. The molecule has 0 bridgehead atoms. The molecule has 0 saturated carbocycles. The van der Waals surface area contributed by atoms with Crippen LogP contribution in [0.5, 0.6) is 5.75 Å². The van der Waals surface area contributed by atoms with Gasteiger partial charge in [-0.15, -0.1) is 0 Å². The van der Waals surface area contributed by atoms with Crippen molar-refractivity contribution < 1.29 is 22.7 Å². The van der Waals surface area contributed by atoms with Crippen molar-refractivity contribution in [3.05, 3.63) is 58.6 Å². The number of nitrogens with one attached hydrogen (secondary N) is 2. The summed E-state index contributed by atoms with van der Waals surface area (Å²) in [5.41, 5.74) is -3.07. The minimum atomic E-state index is -4.93. The number of alkyl halides is 3. The van der Waals surface area contributed by atoms with Crippen molar-refractivity contribution in [1.82, 2.24) is 5.32 Å². The third-order valence-electron chi connectivity index (χ3n) is 3.83. The molecule has 2 amide bonds. The molecule has 2 N–H and O–H groups in total.